The molecule has 0 atom stereocenters. The van der Waals surface area contributed by atoms with Crippen molar-refractivity contribution in [2.24, 2.45) is 0 Å². The largest absolute Gasteiger partial charge is 0.464 e. The standard InChI is InChI=1S/C9H10N6OS/c1-2-16-8-13-7(10)14-9(15-8)17-6-5-11-3-4-12-6/h3-5H,2H2,1H3,(H2,10,13,14,15). The van der Waals surface area contributed by atoms with Gasteiger partial charge in [-0.25, -0.2) is 4.98 Å². The van der Waals surface area contributed by atoms with Crippen molar-refractivity contribution in [3.8, 4) is 6.01 Å². The number of hydrogen-bond acceptors (Lipinski definition) is 8. The molecule has 2 aromatic heterocycles. The Labute approximate surface area is 102 Å². The van der Waals surface area contributed by atoms with Crippen LogP contribution in [0.3, 0.4) is 0 Å². The van der Waals surface area contributed by atoms with Crippen LogP contribution < -0.4 is 10.5 Å². The molecule has 0 bridgehead atoms. The van der Waals surface area contributed by atoms with E-state index in [-0.39, 0.29) is 12.0 Å². The van der Waals surface area contributed by atoms with E-state index in [0.717, 1.165) is 0 Å². The molecule has 0 aliphatic carbocycles. The van der Waals surface area contributed by atoms with Gasteiger partial charge in [-0.15, -0.1) is 0 Å². The Morgan fingerprint density at radius 1 is 1.29 bits per heavy atom. The van der Waals surface area contributed by atoms with Crippen LogP contribution >= 0.6 is 11.8 Å². The third kappa shape index (κ3) is 3.25. The fraction of sp³-hybridized carbons (Fsp3) is 0.222. The summed E-state index contributed by atoms with van der Waals surface area (Å²) in [7, 11) is 0. The van der Waals surface area contributed by atoms with Gasteiger partial charge in [0.1, 0.15) is 5.03 Å². The SMILES string of the molecule is CCOc1nc(N)nc(Sc2cnccn2)n1. The van der Waals surface area contributed by atoms with Crippen molar-refractivity contribution in [1.29, 1.82) is 0 Å². The number of nitrogens with two attached hydrogens (primary N) is 1. The molecule has 0 amide bonds. The lowest BCUT2D eigenvalue weighted by atomic mass is 10.8. The molecule has 0 unspecified atom stereocenters. The van der Waals surface area contributed by atoms with Crippen molar-refractivity contribution in [3.63, 3.8) is 0 Å². The molecule has 2 aromatic rings. The molecule has 0 aliphatic rings. The zero-order valence-electron chi connectivity index (χ0n) is 9.07. The van der Waals surface area contributed by atoms with E-state index in [1.54, 1.807) is 18.6 Å². The predicted octanol–water partition coefficient (Wildman–Crippen LogP) is 0.794. The number of nitrogens with zero attached hydrogens (tertiary/aromatic N) is 5. The maximum Gasteiger partial charge on any atom is 0.322 e. The molecule has 2 heterocycles. The molecule has 17 heavy (non-hydrogen) atoms. The summed E-state index contributed by atoms with van der Waals surface area (Å²) in [4.78, 5) is 20.0. The minimum Gasteiger partial charge on any atom is -0.464 e. The molecule has 0 spiro atoms. The van der Waals surface area contributed by atoms with Crippen molar-refractivity contribution < 1.29 is 4.74 Å². The Balaban J connectivity index is 2.21. The van der Waals surface area contributed by atoms with Crippen molar-refractivity contribution in [2.45, 2.75) is 17.1 Å². The van der Waals surface area contributed by atoms with Gasteiger partial charge in [0, 0.05) is 12.4 Å². The van der Waals surface area contributed by atoms with Gasteiger partial charge in [0.05, 0.1) is 12.8 Å². The monoisotopic (exact) mass is 250 g/mol. The van der Waals surface area contributed by atoms with Crippen LogP contribution in [0.2, 0.25) is 0 Å². The highest BCUT2D eigenvalue weighted by atomic mass is 32.2. The average Bonchev–Trinajstić information content (AvgIpc) is 2.30. The fourth-order valence-corrected chi connectivity index (χ4v) is 1.70. The van der Waals surface area contributed by atoms with Gasteiger partial charge < -0.3 is 10.5 Å². The maximum absolute atomic E-state index is 5.55. The zero-order chi connectivity index (χ0) is 12.1. The molecule has 0 aromatic carbocycles. The van der Waals surface area contributed by atoms with Crippen LogP contribution in [0.25, 0.3) is 0 Å². The minimum absolute atomic E-state index is 0.120. The van der Waals surface area contributed by atoms with Crippen molar-refractivity contribution in [3.05, 3.63) is 18.6 Å². The molecule has 2 N–H and O–H groups in total. The lowest BCUT2D eigenvalue weighted by Crippen LogP contribution is -2.04. The molecule has 0 aliphatic heterocycles. The van der Waals surface area contributed by atoms with Gasteiger partial charge >= 0.3 is 6.01 Å². The number of anilines is 1. The highest BCUT2D eigenvalue weighted by Gasteiger charge is 2.07. The van der Waals surface area contributed by atoms with E-state index < -0.39 is 0 Å². The normalized spacial score (nSPS) is 10.2. The van der Waals surface area contributed by atoms with Crippen LogP contribution in [0, 0.1) is 0 Å². The molecule has 0 radical (unpaired) electrons. The summed E-state index contributed by atoms with van der Waals surface area (Å²) >= 11 is 1.25. The Bertz CT molecular complexity index is 494. The second-order valence-corrected chi connectivity index (χ2v) is 3.83. The van der Waals surface area contributed by atoms with Crippen LogP contribution in [-0.4, -0.2) is 31.5 Å². The Kier molecular flexibility index (Phi) is 3.66. The molecule has 0 fully saturated rings. The van der Waals surface area contributed by atoms with Gasteiger partial charge in [-0.2, -0.15) is 15.0 Å². The van der Waals surface area contributed by atoms with Crippen LogP contribution in [0.5, 0.6) is 6.01 Å². The van der Waals surface area contributed by atoms with Crippen LogP contribution in [0.4, 0.5) is 5.95 Å². The van der Waals surface area contributed by atoms with E-state index in [4.69, 9.17) is 10.5 Å². The number of rotatable bonds is 4. The van der Waals surface area contributed by atoms with E-state index in [0.29, 0.717) is 16.8 Å². The summed E-state index contributed by atoms with van der Waals surface area (Å²) in [5, 5.41) is 1.11. The molecule has 8 heteroatoms. The molecule has 88 valence electrons. The second kappa shape index (κ2) is 5.39. The van der Waals surface area contributed by atoms with Crippen molar-refractivity contribution in [2.75, 3.05) is 12.3 Å². The molecule has 2 rings (SSSR count). The minimum atomic E-state index is 0.120. The lowest BCUT2D eigenvalue weighted by molar-refractivity contribution is 0.308. The van der Waals surface area contributed by atoms with Gasteiger partial charge in [-0.3, -0.25) is 4.98 Å². The van der Waals surface area contributed by atoms with Gasteiger partial charge in [-0.05, 0) is 18.7 Å². The smallest absolute Gasteiger partial charge is 0.322 e. The zero-order valence-corrected chi connectivity index (χ0v) is 9.89. The molecule has 7 nitrogen and oxygen atoms in total. The molecular formula is C9H10N6OS. The molecule has 0 saturated carbocycles. The summed E-state index contributed by atoms with van der Waals surface area (Å²) in [6, 6.07) is 0.214. The number of ether oxygens (including phenoxy) is 1. The molecule has 0 saturated heterocycles. The quantitative estimate of drug-likeness (QED) is 0.850. The Hall–Kier alpha value is -1.96. The Morgan fingerprint density at radius 3 is 2.88 bits per heavy atom. The van der Waals surface area contributed by atoms with Crippen LogP contribution in [0.15, 0.2) is 28.8 Å². The highest BCUT2D eigenvalue weighted by Crippen LogP contribution is 2.22. The van der Waals surface area contributed by atoms with Gasteiger partial charge in [-0.1, -0.05) is 0 Å². The average molecular weight is 250 g/mol. The summed E-state index contributed by atoms with van der Waals surface area (Å²) in [6.45, 7) is 2.31. The number of nitrogen functional groups attached to an aromatic ring is 1. The first-order chi connectivity index (χ1) is 8.28. The fourth-order valence-electron chi connectivity index (χ4n) is 1.02. The molecular weight excluding hydrogens is 240 g/mol. The third-order valence-corrected chi connectivity index (χ3v) is 2.41. The van der Waals surface area contributed by atoms with E-state index in [1.165, 1.54) is 11.8 Å². The summed E-state index contributed by atoms with van der Waals surface area (Å²) < 4.78 is 5.17. The lowest BCUT2D eigenvalue weighted by Gasteiger charge is -2.03. The third-order valence-electron chi connectivity index (χ3n) is 1.62. The first kappa shape index (κ1) is 11.5. The van der Waals surface area contributed by atoms with E-state index in [1.807, 2.05) is 6.92 Å². The maximum atomic E-state index is 5.55. The van der Waals surface area contributed by atoms with Crippen molar-refractivity contribution in [1.82, 2.24) is 24.9 Å². The highest BCUT2D eigenvalue weighted by molar-refractivity contribution is 7.99. The number of hydrogen-bond donors (Lipinski definition) is 1. The Morgan fingerprint density at radius 2 is 2.18 bits per heavy atom. The van der Waals surface area contributed by atoms with Gasteiger partial charge in [0.2, 0.25) is 11.1 Å². The summed E-state index contributed by atoms with van der Waals surface area (Å²) in [6.07, 6.45) is 4.80. The first-order valence-electron chi connectivity index (χ1n) is 4.86. The van der Waals surface area contributed by atoms with Gasteiger partial charge in [0.25, 0.3) is 0 Å². The summed E-state index contributed by atoms with van der Waals surface area (Å²) in [5.74, 6) is 0.120. The van der Waals surface area contributed by atoms with Crippen LogP contribution in [0.1, 0.15) is 6.92 Å². The van der Waals surface area contributed by atoms with Gasteiger partial charge in [0.15, 0.2) is 0 Å². The second-order valence-electron chi connectivity index (χ2n) is 2.84. The first-order valence-corrected chi connectivity index (χ1v) is 5.68. The van der Waals surface area contributed by atoms with E-state index in [2.05, 4.69) is 24.9 Å². The predicted molar refractivity (Wildman–Crippen MR) is 61.6 cm³/mol. The van der Waals surface area contributed by atoms with E-state index >= 15 is 0 Å². The number of aromatic nitrogens is 5. The summed E-state index contributed by atoms with van der Waals surface area (Å²) in [5.41, 5.74) is 5.55. The topological polar surface area (TPSA) is 99.7 Å². The van der Waals surface area contributed by atoms with Crippen LogP contribution in [-0.2, 0) is 0 Å². The van der Waals surface area contributed by atoms with E-state index in [9.17, 15) is 0 Å². The van der Waals surface area contributed by atoms with Crippen molar-refractivity contribution >= 4 is 17.7 Å².